The summed E-state index contributed by atoms with van der Waals surface area (Å²) in [7, 11) is 0. The van der Waals surface area contributed by atoms with Gasteiger partial charge < -0.3 is 10.6 Å². The minimum Gasteiger partial charge on any atom is -0.357 e. The van der Waals surface area contributed by atoms with Gasteiger partial charge in [0.15, 0.2) is 10.8 Å². The van der Waals surface area contributed by atoms with Crippen molar-refractivity contribution in [2.24, 2.45) is 0 Å². The van der Waals surface area contributed by atoms with Gasteiger partial charge in [0, 0.05) is 30.7 Å². The van der Waals surface area contributed by atoms with Crippen molar-refractivity contribution in [1.29, 1.82) is 0 Å². The number of anilines is 2. The van der Waals surface area contributed by atoms with Crippen molar-refractivity contribution >= 4 is 38.3 Å². The molecule has 0 saturated heterocycles. The van der Waals surface area contributed by atoms with E-state index in [1.54, 1.807) is 35.8 Å². The van der Waals surface area contributed by atoms with Crippen LogP contribution in [0.15, 0.2) is 48.9 Å². The van der Waals surface area contributed by atoms with E-state index in [-0.39, 0.29) is 23.8 Å². The first kappa shape index (κ1) is 18.6. The van der Waals surface area contributed by atoms with Gasteiger partial charge in [-0.05, 0) is 49.6 Å². The Morgan fingerprint density at radius 2 is 2.03 bits per heavy atom. The number of halogens is 1. The number of thiazole rings is 1. The summed E-state index contributed by atoms with van der Waals surface area (Å²) < 4.78 is 14.3. The Hall–Kier alpha value is -3.40. The molecule has 3 heterocycles. The molecule has 2 aliphatic rings. The van der Waals surface area contributed by atoms with Crippen LogP contribution in [-0.2, 0) is 0 Å². The molecule has 2 atom stereocenters. The average Bonchev–Trinajstić information content (AvgIpc) is 3.49. The molecule has 1 saturated carbocycles. The van der Waals surface area contributed by atoms with Gasteiger partial charge in [0.25, 0.3) is 5.91 Å². The molecule has 1 aliphatic heterocycles. The van der Waals surface area contributed by atoms with E-state index in [4.69, 9.17) is 0 Å². The van der Waals surface area contributed by atoms with Gasteiger partial charge in [-0.25, -0.2) is 14.4 Å². The number of amides is 1. The highest BCUT2D eigenvalue weighted by atomic mass is 32.1. The molecule has 0 spiro atoms. The van der Waals surface area contributed by atoms with Gasteiger partial charge in [-0.1, -0.05) is 11.3 Å². The molecule has 8 nitrogen and oxygen atoms in total. The number of hydrazine groups is 2. The number of nitrogens with zero attached hydrogens (tertiary/aromatic N) is 3. The molecule has 10 heteroatoms. The number of hydrogen-bond acceptors (Lipinski definition) is 8. The van der Waals surface area contributed by atoms with Gasteiger partial charge in [-0.15, -0.1) is 0 Å². The van der Waals surface area contributed by atoms with Crippen molar-refractivity contribution in [3.8, 4) is 0 Å². The van der Waals surface area contributed by atoms with E-state index in [1.165, 1.54) is 23.5 Å². The molecule has 0 bridgehead atoms. The fourth-order valence-corrected chi connectivity index (χ4v) is 4.77. The Labute approximate surface area is 176 Å². The van der Waals surface area contributed by atoms with Crippen molar-refractivity contribution in [1.82, 2.24) is 26.1 Å². The molecule has 2 aromatic heterocycles. The van der Waals surface area contributed by atoms with Crippen molar-refractivity contribution in [2.45, 2.75) is 31.3 Å². The largest absolute Gasteiger partial charge is 0.357 e. The smallest absolute Gasteiger partial charge is 0.272 e. The second-order valence-corrected chi connectivity index (χ2v) is 8.22. The maximum atomic E-state index is 13.5. The lowest BCUT2D eigenvalue weighted by Gasteiger charge is -2.24. The molecule has 1 aromatic carbocycles. The fourth-order valence-electron chi connectivity index (χ4n) is 3.81. The van der Waals surface area contributed by atoms with Crippen LogP contribution < -0.4 is 26.6 Å². The minimum absolute atomic E-state index is 0.0475. The fraction of sp³-hybridized carbons (Fsp3) is 0.250. The Kier molecular flexibility index (Phi) is 4.83. The lowest BCUT2D eigenvalue weighted by molar-refractivity contribution is 0.0931. The van der Waals surface area contributed by atoms with Crippen LogP contribution in [0.3, 0.4) is 0 Å². The van der Waals surface area contributed by atoms with Gasteiger partial charge in [-0.3, -0.25) is 15.6 Å². The monoisotopic (exact) mass is 425 g/mol. The average molecular weight is 425 g/mol. The topological polar surface area (TPSA) is 94.2 Å². The second kappa shape index (κ2) is 7.79. The van der Waals surface area contributed by atoms with Crippen molar-refractivity contribution < 1.29 is 9.18 Å². The summed E-state index contributed by atoms with van der Waals surface area (Å²) in [6.45, 7) is 0. The summed E-state index contributed by atoms with van der Waals surface area (Å²) in [5.74, 6) is -0.502. The zero-order chi connectivity index (χ0) is 20.5. The molecule has 0 unspecified atom stereocenters. The molecule has 5 rings (SSSR count). The third-order valence-corrected chi connectivity index (χ3v) is 6.17. The van der Waals surface area contributed by atoms with Gasteiger partial charge in [-0.2, -0.15) is 5.12 Å². The van der Waals surface area contributed by atoms with Crippen LogP contribution in [0.1, 0.15) is 29.8 Å². The molecule has 0 radical (unpaired) electrons. The van der Waals surface area contributed by atoms with E-state index in [2.05, 4.69) is 31.5 Å². The van der Waals surface area contributed by atoms with E-state index < -0.39 is 0 Å². The predicted octanol–water partition coefficient (Wildman–Crippen LogP) is 2.89. The summed E-state index contributed by atoms with van der Waals surface area (Å²) >= 11 is 1.42. The van der Waals surface area contributed by atoms with E-state index >= 15 is 0 Å². The number of carbonyl (C=O) groups excluding carboxylic acids is 1. The van der Waals surface area contributed by atoms with E-state index in [0.29, 0.717) is 11.4 Å². The quantitative estimate of drug-likeness (QED) is 0.499. The number of fused-ring (bicyclic) bond motifs is 1. The van der Waals surface area contributed by atoms with Crippen LogP contribution >= 0.6 is 11.3 Å². The summed E-state index contributed by atoms with van der Waals surface area (Å²) in [4.78, 5) is 21.8. The van der Waals surface area contributed by atoms with Crippen molar-refractivity contribution in [3.63, 3.8) is 0 Å². The number of benzene rings is 1. The first-order valence-corrected chi connectivity index (χ1v) is 10.5. The summed E-state index contributed by atoms with van der Waals surface area (Å²) in [6, 6.07) is 8.18. The predicted molar refractivity (Wildman–Crippen MR) is 114 cm³/mol. The molecule has 1 aliphatic carbocycles. The number of carbonyl (C=O) groups is 1. The van der Waals surface area contributed by atoms with Crippen LogP contribution in [-0.4, -0.2) is 28.0 Å². The Morgan fingerprint density at radius 3 is 2.90 bits per heavy atom. The molecule has 1 amide bonds. The molecular weight excluding hydrogens is 405 g/mol. The highest BCUT2D eigenvalue weighted by Gasteiger charge is 2.31. The van der Waals surface area contributed by atoms with Gasteiger partial charge in [0.05, 0.1) is 10.2 Å². The first-order valence-electron chi connectivity index (χ1n) is 9.73. The zero-order valence-electron chi connectivity index (χ0n) is 15.9. The number of rotatable bonds is 5. The SMILES string of the molecule is O=C(N[C@H]1CCC[C@@H]1Nc1nc2ccc(F)cc2s1)c1ncccc1N1NC=CN1. The highest BCUT2D eigenvalue weighted by molar-refractivity contribution is 7.22. The molecule has 1 fully saturated rings. The Balaban J connectivity index is 1.30. The van der Waals surface area contributed by atoms with E-state index in [9.17, 15) is 9.18 Å². The summed E-state index contributed by atoms with van der Waals surface area (Å²) in [6.07, 6.45) is 7.85. The maximum Gasteiger partial charge on any atom is 0.272 e. The van der Waals surface area contributed by atoms with Crippen LogP contribution in [0.2, 0.25) is 0 Å². The Bertz CT molecular complexity index is 1110. The van der Waals surface area contributed by atoms with Gasteiger partial charge in [0.1, 0.15) is 11.5 Å². The molecule has 30 heavy (non-hydrogen) atoms. The van der Waals surface area contributed by atoms with E-state index in [0.717, 1.165) is 34.6 Å². The number of hydrogen-bond donors (Lipinski definition) is 4. The third-order valence-electron chi connectivity index (χ3n) is 5.22. The normalized spacial score (nSPS) is 20.2. The second-order valence-electron chi connectivity index (χ2n) is 7.19. The van der Waals surface area contributed by atoms with Crippen LogP contribution in [0.4, 0.5) is 15.2 Å². The standard InChI is InChI=1S/C20H20FN7OS/c21-12-6-7-15-17(11-12)30-20(27-15)26-14-4-1-3-13(14)25-19(29)18-16(5-2-8-22-18)28-23-9-10-24-28/h2,5-11,13-14,23-24H,1,3-4H2,(H,25,29)(H,26,27)/t13-,14-/m0/s1. The Morgan fingerprint density at radius 1 is 1.20 bits per heavy atom. The lowest BCUT2D eigenvalue weighted by atomic mass is 10.1. The van der Waals surface area contributed by atoms with Crippen molar-refractivity contribution in [3.05, 3.63) is 60.4 Å². The van der Waals surface area contributed by atoms with E-state index in [1.807, 2.05) is 6.07 Å². The molecule has 154 valence electrons. The van der Waals surface area contributed by atoms with Crippen LogP contribution in [0.5, 0.6) is 0 Å². The molecule has 4 N–H and O–H groups in total. The lowest BCUT2D eigenvalue weighted by Crippen LogP contribution is -2.45. The zero-order valence-corrected chi connectivity index (χ0v) is 16.7. The third kappa shape index (κ3) is 3.61. The molecular formula is C20H20FN7OS. The summed E-state index contributed by atoms with van der Waals surface area (Å²) in [5.41, 5.74) is 7.73. The molecule has 3 aromatic rings. The summed E-state index contributed by atoms with van der Waals surface area (Å²) in [5, 5.41) is 8.92. The van der Waals surface area contributed by atoms with Crippen LogP contribution in [0.25, 0.3) is 10.2 Å². The maximum absolute atomic E-state index is 13.5. The number of aromatic nitrogens is 2. The number of nitrogens with one attached hydrogen (secondary N) is 4. The minimum atomic E-state index is -0.271. The number of pyridine rings is 1. The first-order chi connectivity index (χ1) is 14.7. The highest BCUT2D eigenvalue weighted by Crippen LogP contribution is 2.30. The van der Waals surface area contributed by atoms with Crippen LogP contribution in [0, 0.1) is 5.82 Å². The van der Waals surface area contributed by atoms with Gasteiger partial charge >= 0.3 is 0 Å². The van der Waals surface area contributed by atoms with Crippen molar-refractivity contribution in [2.75, 3.05) is 10.4 Å². The van der Waals surface area contributed by atoms with Gasteiger partial charge in [0.2, 0.25) is 0 Å².